The number of thiazole rings is 1. The number of hydrogen-bond acceptors (Lipinski definition) is 5. The van der Waals surface area contributed by atoms with Crippen LogP contribution in [-0.4, -0.2) is 57.9 Å². The van der Waals surface area contributed by atoms with Crippen molar-refractivity contribution in [2.45, 2.75) is 43.4 Å². The van der Waals surface area contributed by atoms with Crippen molar-refractivity contribution in [1.29, 1.82) is 0 Å². The Bertz CT molecular complexity index is 1620. The molecular weight excluding hydrogens is 587 g/mol. The maximum Gasteiger partial charge on any atom is 0.416 e. The molecule has 6 rings (SSSR count). The zero-order valence-corrected chi connectivity index (χ0v) is 24.8. The van der Waals surface area contributed by atoms with Gasteiger partial charge < -0.3 is 14.9 Å². The van der Waals surface area contributed by atoms with Gasteiger partial charge in [-0.05, 0) is 60.6 Å². The smallest absolute Gasteiger partial charge is 0.385 e. The molecule has 0 aliphatic carbocycles. The molecule has 3 heterocycles. The van der Waals surface area contributed by atoms with Gasteiger partial charge in [-0.2, -0.15) is 13.2 Å². The molecule has 4 aromatic rings. The molecule has 3 aromatic carbocycles. The highest BCUT2D eigenvalue weighted by Crippen LogP contribution is 2.36. The van der Waals surface area contributed by atoms with E-state index in [1.165, 1.54) is 23.5 Å². The van der Waals surface area contributed by atoms with Crippen LogP contribution in [0.5, 0.6) is 0 Å². The van der Waals surface area contributed by atoms with Gasteiger partial charge in [0.05, 0.1) is 16.2 Å². The third kappa shape index (κ3) is 6.14. The van der Waals surface area contributed by atoms with Crippen LogP contribution in [0.3, 0.4) is 0 Å². The van der Waals surface area contributed by atoms with Crippen molar-refractivity contribution in [3.63, 3.8) is 0 Å². The predicted octanol–water partition coefficient (Wildman–Crippen LogP) is 6.97. The Hall–Kier alpha value is -4.02. The molecular formula is C34H32F3N3O3S. The first-order chi connectivity index (χ1) is 21.1. The first kappa shape index (κ1) is 30.0. The topological polar surface area (TPSA) is 73.7 Å². The van der Waals surface area contributed by atoms with Crippen molar-refractivity contribution in [2.24, 2.45) is 0 Å². The van der Waals surface area contributed by atoms with Crippen LogP contribution in [0.2, 0.25) is 0 Å². The van der Waals surface area contributed by atoms with Crippen LogP contribution in [0, 0.1) is 0 Å². The van der Waals surface area contributed by atoms with E-state index in [1.807, 2.05) is 30.3 Å². The zero-order valence-electron chi connectivity index (χ0n) is 24.0. The highest BCUT2D eigenvalue weighted by Gasteiger charge is 2.36. The summed E-state index contributed by atoms with van der Waals surface area (Å²) in [5.41, 5.74) is 1.22. The lowest BCUT2D eigenvalue weighted by Crippen LogP contribution is -2.45. The van der Waals surface area contributed by atoms with E-state index in [4.69, 9.17) is 4.98 Å². The zero-order chi connectivity index (χ0) is 30.9. The second-order valence-corrected chi connectivity index (χ2v) is 12.3. The Kier molecular flexibility index (Phi) is 8.30. The van der Waals surface area contributed by atoms with Gasteiger partial charge in [-0.3, -0.25) is 9.59 Å². The van der Waals surface area contributed by atoms with Gasteiger partial charge in [-0.1, -0.05) is 60.7 Å². The number of carbonyl (C=O) groups excluding carboxylic acids is 2. The lowest BCUT2D eigenvalue weighted by Gasteiger charge is -2.38. The molecule has 2 aliphatic rings. The quantitative estimate of drug-likeness (QED) is 0.262. The predicted molar refractivity (Wildman–Crippen MR) is 162 cm³/mol. The van der Waals surface area contributed by atoms with Gasteiger partial charge in [-0.25, -0.2) is 4.98 Å². The van der Waals surface area contributed by atoms with Crippen molar-refractivity contribution in [3.05, 3.63) is 112 Å². The van der Waals surface area contributed by atoms with Crippen LogP contribution in [0.1, 0.15) is 68.6 Å². The molecule has 0 spiro atoms. The summed E-state index contributed by atoms with van der Waals surface area (Å²) >= 11 is 1.46. The van der Waals surface area contributed by atoms with Crippen LogP contribution in [0.4, 0.5) is 13.2 Å². The van der Waals surface area contributed by atoms with Crippen molar-refractivity contribution < 1.29 is 27.9 Å². The minimum absolute atomic E-state index is 0.125. The minimum Gasteiger partial charge on any atom is -0.385 e. The van der Waals surface area contributed by atoms with E-state index in [2.05, 4.69) is 0 Å². The molecule has 2 amide bonds. The van der Waals surface area contributed by atoms with E-state index >= 15 is 0 Å². The number of rotatable bonds is 5. The first-order valence-electron chi connectivity index (χ1n) is 14.7. The number of benzene rings is 3. The Morgan fingerprint density at radius 1 is 0.818 bits per heavy atom. The summed E-state index contributed by atoms with van der Waals surface area (Å²) in [6.45, 7) is 1.92. The van der Waals surface area contributed by atoms with Gasteiger partial charge >= 0.3 is 6.18 Å². The second kappa shape index (κ2) is 12.2. The maximum atomic E-state index is 13.5. The van der Waals surface area contributed by atoms with Gasteiger partial charge in [0, 0.05) is 43.0 Å². The van der Waals surface area contributed by atoms with Gasteiger partial charge in [0.25, 0.3) is 11.8 Å². The summed E-state index contributed by atoms with van der Waals surface area (Å²) in [4.78, 5) is 35.0. The summed E-state index contributed by atoms with van der Waals surface area (Å²) < 4.78 is 39.1. The molecule has 0 radical (unpaired) electrons. The first-order valence-corrected chi connectivity index (χ1v) is 15.6. The van der Waals surface area contributed by atoms with E-state index in [0.717, 1.165) is 22.7 Å². The van der Waals surface area contributed by atoms with Crippen molar-refractivity contribution in [2.75, 3.05) is 26.2 Å². The number of halogens is 3. The fourth-order valence-electron chi connectivity index (χ4n) is 6.11. The van der Waals surface area contributed by atoms with E-state index in [0.29, 0.717) is 74.2 Å². The third-order valence-corrected chi connectivity index (χ3v) is 9.75. The van der Waals surface area contributed by atoms with Crippen LogP contribution in [0.15, 0.2) is 84.2 Å². The number of piperidine rings is 2. The molecule has 6 nitrogen and oxygen atoms in total. The van der Waals surface area contributed by atoms with Crippen molar-refractivity contribution in [3.8, 4) is 11.1 Å². The number of aliphatic hydroxyl groups is 1. The molecule has 1 aromatic heterocycles. The Labute approximate surface area is 257 Å². The van der Waals surface area contributed by atoms with Crippen LogP contribution < -0.4 is 0 Å². The number of hydrogen-bond donors (Lipinski definition) is 1. The second-order valence-electron chi connectivity index (χ2n) is 11.4. The van der Waals surface area contributed by atoms with Crippen LogP contribution >= 0.6 is 11.3 Å². The fourth-order valence-corrected chi connectivity index (χ4v) is 7.08. The van der Waals surface area contributed by atoms with E-state index in [9.17, 15) is 27.9 Å². The van der Waals surface area contributed by atoms with Crippen LogP contribution in [-0.2, 0) is 11.8 Å². The number of alkyl halides is 3. The largest absolute Gasteiger partial charge is 0.416 e. The number of carbonyl (C=O) groups is 2. The van der Waals surface area contributed by atoms with E-state index in [-0.39, 0.29) is 17.7 Å². The van der Waals surface area contributed by atoms with Gasteiger partial charge in [0.1, 0.15) is 5.69 Å². The number of amides is 2. The third-order valence-electron chi connectivity index (χ3n) is 8.74. The summed E-state index contributed by atoms with van der Waals surface area (Å²) in [6.07, 6.45) is -2.10. The Balaban J connectivity index is 1.06. The van der Waals surface area contributed by atoms with E-state index in [1.54, 1.807) is 39.4 Å². The number of nitrogens with zero attached hydrogens (tertiary/aromatic N) is 3. The van der Waals surface area contributed by atoms with Gasteiger partial charge in [0.15, 0.2) is 0 Å². The van der Waals surface area contributed by atoms with Crippen molar-refractivity contribution >= 4 is 23.2 Å². The number of likely N-dealkylation sites (tertiary alicyclic amines) is 2. The molecule has 2 fully saturated rings. The monoisotopic (exact) mass is 619 g/mol. The fraction of sp³-hybridized carbons (Fsp3) is 0.324. The van der Waals surface area contributed by atoms with Gasteiger partial charge in [-0.15, -0.1) is 11.3 Å². The van der Waals surface area contributed by atoms with Crippen LogP contribution in [0.25, 0.3) is 11.1 Å². The number of aromatic nitrogens is 1. The lowest BCUT2D eigenvalue weighted by atomic mass is 9.84. The van der Waals surface area contributed by atoms with Crippen molar-refractivity contribution in [1.82, 2.24) is 14.8 Å². The summed E-state index contributed by atoms with van der Waals surface area (Å²) in [7, 11) is 0. The standard InChI is InChI=1S/C34H32F3N3O3S/c35-34(36,37)26-12-10-23(11-13-26)27-8-4-5-9-28(27)31(41)39-18-14-24(15-19-39)30-38-29(22-44-30)32(42)40-20-16-33(43,17-21-40)25-6-2-1-3-7-25/h1-13,22,24,43H,14-21H2. The highest BCUT2D eigenvalue weighted by atomic mass is 32.1. The van der Waals surface area contributed by atoms with Gasteiger partial charge in [0.2, 0.25) is 0 Å². The average molecular weight is 620 g/mol. The Morgan fingerprint density at radius 3 is 2.09 bits per heavy atom. The molecule has 10 heteroatoms. The highest BCUT2D eigenvalue weighted by molar-refractivity contribution is 7.09. The molecule has 0 atom stereocenters. The Morgan fingerprint density at radius 2 is 1.43 bits per heavy atom. The molecule has 0 unspecified atom stereocenters. The molecule has 0 saturated carbocycles. The average Bonchev–Trinajstić information content (AvgIpc) is 3.55. The molecule has 1 N–H and O–H groups in total. The normalized spacial score (nSPS) is 17.5. The maximum absolute atomic E-state index is 13.5. The summed E-state index contributed by atoms with van der Waals surface area (Å²) in [6, 6.07) is 21.4. The molecule has 228 valence electrons. The summed E-state index contributed by atoms with van der Waals surface area (Å²) in [5, 5.41) is 13.8. The van der Waals surface area contributed by atoms with E-state index < -0.39 is 17.3 Å². The molecule has 2 saturated heterocycles. The molecule has 2 aliphatic heterocycles. The lowest BCUT2D eigenvalue weighted by molar-refractivity contribution is -0.137. The molecule has 0 bridgehead atoms. The minimum atomic E-state index is -4.42. The molecule has 44 heavy (non-hydrogen) atoms. The summed E-state index contributed by atoms with van der Waals surface area (Å²) in [5.74, 6) is -0.162. The SMILES string of the molecule is O=C(c1csc(C2CCN(C(=O)c3ccccc3-c3ccc(C(F)(F)F)cc3)CC2)n1)N1CCC(O)(c2ccccc2)CC1.